The summed E-state index contributed by atoms with van der Waals surface area (Å²) in [5, 5.41) is 3.16. The van der Waals surface area contributed by atoms with E-state index in [4.69, 9.17) is 32.7 Å². The zero-order valence-electron chi connectivity index (χ0n) is 18.0. The van der Waals surface area contributed by atoms with Crippen LogP contribution >= 0.6 is 34.5 Å². The van der Waals surface area contributed by atoms with Crippen LogP contribution in [-0.2, 0) is 20.9 Å². The molecule has 1 aromatic heterocycles. The number of esters is 1. The normalized spacial score (nSPS) is 11.7. The van der Waals surface area contributed by atoms with Gasteiger partial charge in [-0.3, -0.25) is 9.69 Å². The molecule has 3 aromatic rings. The van der Waals surface area contributed by atoms with Crippen LogP contribution in [0.2, 0.25) is 10.0 Å². The van der Waals surface area contributed by atoms with E-state index >= 15 is 0 Å². The Bertz CT molecular complexity index is 1130. The van der Waals surface area contributed by atoms with Crippen LogP contribution in [0.4, 0.5) is 10.8 Å². The fourth-order valence-electron chi connectivity index (χ4n) is 3.10. The molecule has 0 radical (unpaired) electrons. The van der Waals surface area contributed by atoms with E-state index in [1.54, 1.807) is 42.6 Å². The average Bonchev–Trinajstić information content (AvgIpc) is 3.16. The van der Waals surface area contributed by atoms with E-state index < -0.39 is 12.1 Å². The molecule has 1 heterocycles. The summed E-state index contributed by atoms with van der Waals surface area (Å²) in [6, 6.07) is 10.5. The van der Waals surface area contributed by atoms with Crippen LogP contribution < -0.4 is 9.64 Å². The summed E-state index contributed by atoms with van der Waals surface area (Å²) in [5.41, 5.74) is 2.97. The molecule has 32 heavy (non-hydrogen) atoms. The van der Waals surface area contributed by atoms with Gasteiger partial charge < -0.3 is 9.47 Å². The van der Waals surface area contributed by atoms with Crippen molar-refractivity contribution in [2.45, 2.75) is 40.4 Å². The van der Waals surface area contributed by atoms with E-state index in [9.17, 15) is 9.59 Å². The first-order chi connectivity index (χ1) is 15.2. The molecule has 0 bridgehead atoms. The second-order valence-corrected chi connectivity index (χ2v) is 8.89. The summed E-state index contributed by atoms with van der Waals surface area (Å²) in [4.78, 5) is 30.7. The number of ether oxygens (including phenoxy) is 2. The molecule has 6 nitrogen and oxygen atoms in total. The Kier molecular flexibility index (Phi) is 7.77. The topological polar surface area (TPSA) is 68.7 Å². The van der Waals surface area contributed by atoms with Crippen molar-refractivity contribution in [2.24, 2.45) is 0 Å². The SMILES string of the molecule is CC(=O)N(c1nc(COC(=O)C(C)Oc2cccc(Cl)c2)cs1)c1c(C)cc(C)cc1Cl. The molecule has 1 atom stereocenters. The van der Waals surface area contributed by atoms with Crippen LogP contribution in [0.25, 0.3) is 0 Å². The highest BCUT2D eigenvalue weighted by molar-refractivity contribution is 7.14. The monoisotopic (exact) mass is 492 g/mol. The minimum atomic E-state index is -0.825. The van der Waals surface area contributed by atoms with Crippen molar-refractivity contribution >= 4 is 57.2 Å². The Labute approximate surface area is 200 Å². The molecule has 9 heteroatoms. The molecule has 168 valence electrons. The lowest BCUT2D eigenvalue weighted by Crippen LogP contribution is -2.26. The van der Waals surface area contributed by atoms with Crippen LogP contribution in [-0.4, -0.2) is 23.0 Å². The summed E-state index contributed by atoms with van der Waals surface area (Å²) in [6.07, 6.45) is -0.825. The maximum absolute atomic E-state index is 12.4. The number of anilines is 2. The molecule has 0 fully saturated rings. The molecule has 3 rings (SSSR count). The number of aryl methyl sites for hydroxylation is 2. The molecule has 0 aliphatic heterocycles. The van der Waals surface area contributed by atoms with Crippen molar-refractivity contribution in [3.8, 4) is 5.75 Å². The number of thiazole rings is 1. The highest BCUT2D eigenvalue weighted by Gasteiger charge is 2.23. The van der Waals surface area contributed by atoms with Crippen molar-refractivity contribution in [2.75, 3.05) is 4.90 Å². The quantitative estimate of drug-likeness (QED) is 0.364. The summed E-state index contributed by atoms with van der Waals surface area (Å²) in [7, 11) is 0. The van der Waals surface area contributed by atoms with Crippen LogP contribution in [0, 0.1) is 13.8 Å². The van der Waals surface area contributed by atoms with E-state index in [2.05, 4.69) is 4.98 Å². The Morgan fingerprint density at radius 3 is 2.59 bits per heavy atom. The minimum Gasteiger partial charge on any atom is -0.479 e. The molecule has 0 spiro atoms. The Balaban J connectivity index is 1.69. The molecule has 0 aliphatic carbocycles. The van der Waals surface area contributed by atoms with Crippen LogP contribution in [0.5, 0.6) is 5.75 Å². The second kappa shape index (κ2) is 10.3. The first kappa shape index (κ1) is 24.0. The highest BCUT2D eigenvalue weighted by Crippen LogP contribution is 2.37. The summed E-state index contributed by atoms with van der Waals surface area (Å²) >= 11 is 13.6. The van der Waals surface area contributed by atoms with E-state index in [-0.39, 0.29) is 12.5 Å². The van der Waals surface area contributed by atoms with Crippen molar-refractivity contribution in [3.05, 3.63) is 68.6 Å². The standard InChI is InChI=1S/C23H22Cl2N2O4S/c1-13-8-14(2)21(20(25)9-13)27(16(4)28)23-26-18(12-32-23)11-30-22(29)15(3)31-19-7-5-6-17(24)10-19/h5-10,12,15H,11H2,1-4H3. The van der Waals surface area contributed by atoms with Crippen molar-refractivity contribution in [1.29, 1.82) is 0 Å². The minimum absolute atomic E-state index is 0.0507. The molecular weight excluding hydrogens is 471 g/mol. The molecule has 1 amide bonds. The first-order valence-electron chi connectivity index (χ1n) is 9.76. The van der Waals surface area contributed by atoms with Gasteiger partial charge in [0, 0.05) is 17.3 Å². The number of carbonyl (C=O) groups is 2. The fraction of sp³-hybridized carbons (Fsp3) is 0.261. The molecule has 0 aliphatic rings. The van der Waals surface area contributed by atoms with E-state index in [1.807, 2.05) is 19.9 Å². The predicted molar refractivity (Wildman–Crippen MR) is 127 cm³/mol. The van der Waals surface area contributed by atoms with Gasteiger partial charge in [-0.25, -0.2) is 9.78 Å². The van der Waals surface area contributed by atoms with Gasteiger partial charge >= 0.3 is 5.97 Å². The zero-order valence-corrected chi connectivity index (χ0v) is 20.3. The van der Waals surface area contributed by atoms with Crippen LogP contribution in [0.15, 0.2) is 41.8 Å². The first-order valence-corrected chi connectivity index (χ1v) is 11.4. The highest BCUT2D eigenvalue weighted by atomic mass is 35.5. The molecule has 0 saturated carbocycles. The van der Waals surface area contributed by atoms with Crippen LogP contribution in [0.1, 0.15) is 30.7 Å². The van der Waals surface area contributed by atoms with Gasteiger partial charge in [-0.1, -0.05) is 35.3 Å². The van der Waals surface area contributed by atoms with Gasteiger partial charge in [0.1, 0.15) is 12.4 Å². The maximum Gasteiger partial charge on any atom is 0.347 e. The molecular formula is C23H22Cl2N2O4S. The van der Waals surface area contributed by atoms with Gasteiger partial charge in [0.05, 0.1) is 16.4 Å². The molecule has 1 unspecified atom stereocenters. The van der Waals surface area contributed by atoms with Gasteiger partial charge in [0.2, 0.25) is 5.91 Å². The number of hydrogen-bond donors (Lipinski definition) is 0. The van der Waals surface area contributed by atoms with Gasteiger partial charge in [-0.05, 0) is 56.2 Å². The lowest BCUT2D eigenvalue weighted by Gasteiger charge is -2.22. The third kappa shape index (κ3) is 5.79. The van der Waals surface area contributed by atoms with Gasteiger partial charge in [0.25, 0.3) is 0 Å². The summed E-state index contributed by atoms with van der Waals surface area (Å²) < 4.78 is 10.9. The lowest BCUT2D eigenvalue weighted by atomic mass is 10.1. The summed E-state index contributed by atoms with van der Waals surface area (Å²) in [5.74, 6) is -0.291. The fourth-order valence-corrected chi connectivity index (χ4v) is 4.54. The predicted octanol–water partition coefficient (Wildman–Crippen LogP) is 6.26. The lowest BCUT2D eigenvalue weighted by molar-refractivity contribution is -0.152. The van der Waals surface area contributed by atoms with Crippen molar-refractivity contribution < 1.29 is 19.1 Å². The number of carbonyl (C=O) groups excluding carboxylic acids is 2. The van der Waals surface area contributed by atoms with Crippen molar-refractivity contribution in [3.63, 3.8) is 0 Å². The maximum atomic E-state index is 12.4. The number of benzene rings is 2. The van der Waals surface area contributed by atoms with Crippen LogP contribution in [0.3, 0.4) is 0 Å². The third-order valence-corrected chi connectivity index (χ3v) is 5.87. The number of rotatable bonds is 7. The van der Waals surface area contributed by atoms with Gasteiger partial charge in [-0.15, -0.1) is 11.3 Å². The largest absolute Gasteiger partial charge is 0.479 e. The number of amides is 1. The Morgan fingerprint density at radius 1 is 1.19 bits per heavy atom. The smallest absolute Gasteiger partial charge is 0.347 e. The average molecular weight is 493 g/mol. The number of hydrogen-bond acceptors (Lipinski definition) is 6. The van der Waals surface area contributed by atoms with E-state index in [0.717, 1.165) is 11.1 Å². The molecule has 2 aromatic carbocycles. The van der Waals surface area contributed by atoms with Gasteiger partial charge in [0.15, 0.2) is 11.2 Å². The molecule has 0 N–H and O–H groups in total. The Morgan fingerprint density at radius 2 is 1.94 bits per heavy atom. The molecule has 0 saturated heterocycles. The zero-order chi connectivity index (χ0) is 23.4. The number of aromatic nitrogens is 1. The van der Waals surface area contributed by atoms with Gasteiger partial charge in [-0.2, -0.15) is 0 Å². The Hall–Kier alpha value is -2.61. The van der Waals surface area contributed by atoms with Crippen molar-refractivity contribution in [1.82, 2.24) is 4.98 Å². The van der Waals surface area contributed by atoms with E-state index in [1.165, 1.54) is 23.2 Å². The second-order valence-electron chi connectivity index (χ2n) is 7.21. The number of halogens is 2. The third-order valence-electron chi connectivity index (χ3n) is 4.47. The summed E-state index contributed by atoms with van der Waals surface area (Å²) in [6.45, 7) is 6.82. The van der Waals surface area contributed by atoms with E-state index in [0.29, 0.717) is 32.3 Å². The number of nitrogens with zero attached hydrogens (tertiary/aromatic N) is 2.